The molecule has 4 rings (SSSR count). The molecule has 0 radical (unpaired) electrons. The van der Waals surface area contributed by atoms with Crippen LogP contribution in [-0.4, -0.2) is 34.0 Å². The van der Waals surface area contributed by atoms with E-state index >= 15 is 0 Å². The van der Waals surface area contributed by atoms with Crippen LogP contribution in [0.5, 0.6) is 5.75 Å². The molecule has 1 unspecified atom stereocenters. The highest BCUT2D eigenvalue weighted by atomic mass is 16.5. The van der Waals surface area contributed by atoms with Crippen LogP contribution in [0.3, 0.4) is 0 Å². The maximum atomic E-state index is 13.8. The lowest BCUT2D eigenvalue weighted by Gasteiger charge is -2.31. The largest absolute Gasteiger partial charge is 0.495 e. The van der Waals surface area contributed by atoms with Gasteiger partial charge in [-0.3, -0.25) is 14.2 Å². The van der Waals surface area contributed by atoms with Gasteiger partial charge in [-0.05, 0) is 56.7 Å². The summed E-state index contributed by atoms with van der Waals surface area (Å²) >= 11 is 0. The Morgan fingerprint density at radius 1 is 1.03 bits per heavy atom. The molecule has 0 saturated heterocycles. The van der Waals surface area contributed by atoms with Crippen LogP contribution in [0.4, 0.5) is 0 Å². The van der Waals surface area contributed by atoms with Crippen molar-refractivity contribution in [1.29, 1.82) is 0 Å². The highest BCUT2D eigenvalue weighted by Gasteiger charge is 2.28. The summed E-state index contributed by atoms with van der Waals surface area (Å²) in [6.45, 7) is 6.58. The molecule has 6 nitrogen and oxygen atoms in total. The lowest BCUT2D eigenvalue weighted by Crippen LogP contribution is -2.38. The molecule has 180 valence electrons. The third-order valence-electron chi connectivity index (χ3n) is 6.28. The summed E-state index contributed by atoms with van der Waals surface area (Å²) in [5, 5.41) is 0.513. The number of aromatic nitrogens is 2. The molecule has 3 aromatic carbocycles. The molecule has 0 saturated carbocycles. The van der Waals surface area contributed by atoms with Crippen LogP contribution in [0.25, 0.3) is 16.6 Å². The Labute approximate surface area is 205 Å². The van der Waals surface area contributed by atoms with E-state index in [0.29, 0.717) is 40.3 Å². The summed E-state index contributed by atoms with van der Waals surface area (Å²) in [5.41, 5.74) is 2.71. The van der Waals surface area contributed by atoms with Gasteiger partial charge >= 0.3 is 0 Å². The zero-order chi connectivity index (χ0) is 24.9. The maximum Gasteiger partial charge on any atom is 0.266 e. The molecule has 1 aromatic heterocycles. The zero-order valence-electron chi connectivity index (χ0n) is 20.7. The molecule has 4 aromatic rings. The molecule has 1 heterocycles. The molecular weight excluding hydrogens is 438 g/mol. The van der Waals surface area contributed by atoms with E-state index in [1.54, 1.807) is 17.7 Å². The number of nitrogens with zero attached hydrogens (tertiary/aromatic N) is 3. The van der Waals surface area contributed by atoms with Gasteiger partial charge in [-0.2, -0.15) is 0 Å². The smallest absolute Gasteiger partial charge is 0.266 e. The Hall–Kier alpha value is -3.93. The molecule has 0 N–H and O–H groups in total. The second kappa shape index (κ2) is 10.6. The van der Waals surface area contributed by atoms with Crippen molar-refractivity contribution >= 4 is 16.8 Å². The molecule has 35 heavy (non-hydrogen) atoms. The van der Waals surface area contributed by atoms with E-state index in [4.69, 9.17) is 9.72 Å². The first-order valence-corrected chi connectivity index (χ1v) is 12.0. The van der Waals surface area contributed by atoms with Crippen LogP contribution in [0.2, 0.25) is 0 Å². The number of fused-ring (bicyclic) bond motifs is 1. The van der Waals surface area contributed by atoms with Crippen molar-refractivity contribution in [2.75, 3.05) is 13.7 Å². The predicted molar refractivity (Wildman–Crippen MR) is 139 cm³/mol. The number of methoxy groups -OCH3 is 1. The van der Waals surface area contributed by atoms with E-state index in [1.165, 1.54) is 0 Å². The first-order chi connectivity index (χ1) is 17.0. The van der Waals surface area contributed by atoms with Crippen molar-refractivity contribution < 1.29 is 9.53 Å². The quantitative estimate of drug-likeness (QED) is 0.332. The van der Waals surface area contributed by atoms with Crippen LogP contribution >= 0.6 is 0 Å². The van der Waals surface area contributed by atoms with Crippen LogP contribution in [0.1, 0.15) is 54.5 Å². The maximum absolute atomic E-state index is 13.8. The molecule has 1 atom stereocenters. The van der Waals surface area contributed by atoms with E-state index in [0.717, 1.165) is 18.4 Å². The third-order valence-corrected chi connectivity index (χ3v) is 6.28. The highest BCUT2D eigenvalue weighted by Crippen LogP contribution is 2.28. The van der Waals surface area contributed by atoms with Crippen molar-refractivity contribution in [3.8, 4) is 11.4 Å². The van der Waals surface area contributed by atoms with Crippen molar-refractivity contribution in [2.45, 2.75) is 39.7 Å². The fraction of sp³-hybridized carbons (Fsp3) is 0.276. The van der Waals surface area contributed by atoms with E-state index in [9.17, 15) is 9.59 Å². The standard InChI is InChI=1S/C29H31N3O3/c1-5-6-19-31(28(33)22-17-15-20(2)16-18-22)21(3)27-30-24-12-8-7-11-23(24)29(34)32(27)25-13-9-10-14-26(25)35-4/h7-18,21H,5-6,19H2,1-4H3. The van der Waals surface area contributed by atoms with Gasteiger partial charge in [-0.25, -0.2) is 4.98 Å². The average Bonchev–Trinajstić information content (AvgIpc) is 2.89. The van der Waals surface area contributed by atoms with Crippen molar-refractivity contribution in [3.05, 3.63) is 100 Å². The Kier molecular flexibility index (Phi) is 7.30. The summed E-state index contributed by atoms with van der Waals surface area (Å²) in [5.74, 6) is 0.972. The minimum absolute atomic E-state index is 0.0834. The SMILES string of the molecule is CCCCN(C(=O)c1ccc(C)cc1)C(C)c1nc2ccccc2c(=O)n1-c1ccccc1OC. The van der Waals surface area contributed by atoms with E-state index < -0.39 is 6.04 Å². The minimum Gasteiger partial charge on any atom is -0.495 e. The van der Waals surface area contributed by atoms with Crippen molar-refractivity contribution in [1.82, 2.24) is 14.5 Å². The Bertz CT molecular complexity index is 1390. The van der Waals surface area contributed by atoms with Gasteiger partial charge < -0.3 is 9.64 Å². The summed E-state index contributed by atoms with van der Waals surface area (Å²) in [7, 11) is 1.58. The van der Waals surface area contributed by atoms with Gasteiger partial charge in [-0.1, -0.05) is 55.3 Å². The number of hydrogen-bond acceptors (Lipinski definition) is 4. The number of para-hydroxylation sites is 3. The van der Waals surface area contributed by atoms with Crippen LogP contribution in [0.15, 0.2) is 77.6 Å². The van der Waals surface area contributed by atoms with E-state index in [1.807, 2.05) is 85.5 Å². The molecule has 6 heteroatoms. The molecule has 0 spiro atoms. The number of hydrogen-bond donors (Lipinski definition) is 0. The fourth-order valence-corrected chi connectivity index (χ4v) is 4.28. The Morgan fingerprint density at radius 3 is 2.43 bits per heavy atom. The van der Waals surface area contributed by atoms with Crippen molar-refractivity contribution in [2.24, 2.45) is 0 Å². The topological polar surface area (TPSA) is 64.4 Å². The normalized spacial score (nSPS) is 11.9. The number of carbonyl (C=O) groups is 1. The minimum atomic E-state index is -0.461. The summed E-state index contributed by atoms with van der Waals surface area (Å²) < 4.78 is 7.18. The monoisotopic (exact) mass is 469 g/mol. The van der Waals surface area contributed by atoms with Gasteiger partial charge in [0.15, 0.2) is 0 Å². The van der Waals surface area contributed by atoms with Gasteiger partial charge in [0.05, 0.1) is 29.7 Å². The summed E-state index contributed by atoms with van der Waals surface area (Å²) in [4.78, 5) is 34.2. The van der Waals surface area contributed by atoms with Crippen LogP contribution < -0.4 is 10.3 Å². The first-order valence-electron chi connectivity index (χ1n) is 12.0. The Balaban J connectivity index is 1.92. The molecule has 0 aliphatic carbocycles. The van der Waals surface area contributed by atoms with Gasteiger partial charge in [0.2, 0.25) is 0 Å². The average molecular weight is 470 g/mol. The fourth-order valence-electron chi connectivity index (χ4n) is 4.28. The molecule has 0 bridgehead atoms. The lowest BCUT2D eigenvalue weighted by atomic mass is 10.1. The summed E-state index contributed by atoms with van der Waals surface area (Å²) in [6, 6.07) is 21.8. The lowest BCUT2D eigenvalue weighted by molar-refractivity contribution is 0.0678. The van der Waals surface area contributed by atoms with Gasteiger partial charge in [0, 0.05) is 12.1 Å². The second-order valence-corrected chi connectivity index (χ2v) is 8.69. The second-order valence-electron chi connectivity index (χ2n) is 8.69. The number of carbonyl (C=O) groups excluding carboxylic acids is 1. The molecule has 0 fully saturated rings. The highest BCUT2D eigenvalue weighted by molar-refractivity contribution is 5.94. The first kappa shape index (κ1) is 24.2. The Morgan fingerprint density at radius 2 is 1.71 bits per heavy atom. The number of rotatable bonds is 8. The summed E-state index contributed by atoms with van der Waals surface area (Å²) in [6.07, 6.45) is 1.78. The van der Waals surface area contributed by atoms with Gasteiger partial charge in [0.25, 0.3) is 11.5 Å². The number of amides is 1. The van der Waals surface area contributed by atoms with Crippen LogP contribution in [-0.2, 0) is 0 Å². The molecular formula is C29H31N3O3. The van der Waals surface area contributed by atoms with Gasteiger partial charge in [-0.15, -0.1) is 0 Å². The number of aryl methyl sites for hydroxylation is 1. The molecule has 0 aliphatic heterocycles. The molecule has 0 aliphatic rings. The van der Waals surface area contributed by atoms with E-state index in [2.05, 4.69) is 6.92 Å². The third kappa shape index (κ3) is 4.83. The number of ether oxygens (including phenoxy) is 1. The number of benzene rings is 3. The number of unbranched alkanes of at least 4 members (excludes halogenated alkanes) is 1. The molecule has 1 amide bonds. The van der Waals surface area contributed by atoms with Crippen LogP contribution in [0, 0.1) is 6.92 Å². The van der Waals surface area contributed by atoms with Gasteiger partial charge in [0.1, 0.15) is 11.6 Å². The predicted octanol–water partition coefficient (Wildman–Crippen LogP) is 5.71. The van der Waals surface area contributed by atoms with Crippen molar-refractivity contribution in [3.63, 3.8) is 0 Å². The van der Waals surface area contributed by atoms with E-state index in [-0.39, 0.29) is 11.5 Å². The zero-order valence-corrected chi connectivity index (χ0v) is 20.7.